The minimum Gasteiger partial charge on any atom is -0.497 e. The van der Waals surface area contributed by atoms with Gasteiger partial charge in [-0.05, 0) is 48.4 Å². The largest absolute Gasteiger partial charge is 0.497 e. The van der Waals surface area contributed by atoms with Crippen LogP contribution in [0.15, 0.2) is 35.7 Å². The predicted octanol–water partition coefficient (Wildman–Crippen LogP) is 2.74. The summed E-state index contributed by atoms with van der Waals surface area (Å²) >= 11 is 1.73. The van der Waals surface area contributed by atoms with Gasteiger partial charge in [0.1, 0.15) is 24.7 Å². The predicted molar refractivity (Wildman–Crippen MR) is 131 cm³/mol. The van der Waals surface area contributed by atoms with Gasteiger partial charge in [0.15, 0.2) is 0 Å². The molecule has 2 atom stereocenters. The number of ether oxygens (including phenoxy) is 3. The molecule has 0 spiro atoms. The Morgan fingerprint density at radius 1 is 1.35 bits per heavy atom. The summed E-state index contributed by atoms with van der Waals surface area (Å²) in [6, 6.07) is 9.79. The molecule has 1 aliphatic carbocycles. The summed E-state index contributed by atoms with van der Waals surface area (Å²) in [6.07, 6.45) is 7.46. The first-order valence-corrected chi connectivity index (χ1v) is 12.5. The van der Waals surface area contributed by atoms with Gasteiger partial charge in [0.05, 0.1) is 32.4 Å². The van der Waals surface area contributed by atoms with Gasteiger partial charge in [0.2, 0.25) is 5.91 Å². The number of rotatable bonds is 12. The van der Waals surface area contributed by atoms with Crippen LogP contribution in [0.1, 0.15) is 29.3 Å². The van der Waals surface area contributed by atoms with Crippen LogP contribution in [0.3, 0.4) is 0 Å². The van der Waals surface area contributed by atoms with Crippen molar-refractivity contribution in [1.29, 1.82) is 0 Å². The maximum Gasteiger partial charge on any atom is 0.237 e. The van der Waals surface area contributed by atoms with Gasteiger partial charge in [-0.3, -0.25) is 9.69 Å². The summed E-state index contributed by atoms with van der Waals surface area (Å²) in [6.45, 7) is 2.03. The molecular formula is C26H32N2O5S. The van der Waals surface area contributed by atoms with Crippen LogP contribution in [0.25, 0.3) is 0 Å². The first-order valence-electron chi connectivity index (χ1n) is 11.6. The van der Waals surface area contributed by atoms with E-state index in [0.717, 1.165) is 30.6 Å². The molecule has 8 heteroatoms. The molecule has 1 N–H and O–H groups in total. The van der Waals surface area contributed by atoms with Crippen LogP contribution >= 0.6 is 11.3 Å². The number of hydrogen-bond donors (Lipinski definition) is 1. The highest BCUT2D eigenvalue weighted by atomic mass is 32.1. The molecule has 0 radical (unpaired) electrons. The number of carbonyl (C=O) groups excluding carboxylic acids is 1. The third-order valence-electron chi connectivity index (χ3n) is 6.21. The molecular weight excluding hydrogens is 452 g/mol. The molecule has 1 aromatic heterocycles. The molecule has 2 heterocycles. The molecule has 0 bridgehead atoms. The summed E-state index contributed by atoms with van der Waals surface area (Å²) in [7, 11) is 1.63. The van der Waals surface area contributed by atoms with E-state index < -0.39 is 6.10 Å². The molecule has 1 fully saturated rings. The molecule has 34 heavy (non-hydrogen) atoms. The molecule has 4 rings (SSSR count). The number of terminal acetylenes is 1. The minimum atomic E-state index is -0.682. The van der Waals surface area contributed by atoms with Crippen LogP contribution in [0, 0.1) is 12.3 Å². The second-order valence-electron chi connectivity index (χ2n) is 8.68. The molecule has 182 valence electrons. The van der Waals surface area contributed by atoms with Crippen molar-refractivity contribution in [1.82, 2.24) is 9.80 Å². The van der Waals surface area contributed by atoms with E-state index in [2.05, 4.69) is 22.3 Å². The number of thiophene rings is 1. The number of fused-ring (bicyclic) bond motifs is 1. The maximum absolute atomic E-state index is 13.5. The highest BCUT2D eigenvalue weighted by Gasteiger charge is 2.36. The Labute approximate surface area is 205 Å². The fourth-order valence-corrected chi connectivity index (χ4v) is 5.29. The fourth-order valence-electron chi connectivity index (χ4n) is 4.36. The molecule has 2 aromatic rings. The lowest BCUT2D eigenvalue weighted by Gasteiger charge is -2.37. The van der Waals surface area contributed by atoms with Crippen molar-refractivity contribution < 1.29 is 24.1 Å². The van der Waals surface area contributed by atoms with Crippen molar-refractivity contribution in [3.8, 4) is 23.8 Å². The molecule has 1 aliphatic heterocycles. The molecule has 0 saturated heterocycles. The highest BCUT2D eigenvalue weighted by molar-refractivity contribution is 7.10. The van der Waals surface area contributed by atoms with Crippen LogP contribution in [0.2, 0.25) is 0 Å². The van der Waals surface area contributed by atoms with E-state index >= 15 is 0 Å². The normalized spacial score (nSPS) is 18.3. The molecule has 1 amide bonds. The summed E-state index contributed by atoms with van der Waals surface area (Å²) < 4.78 is 16.7. The van der Waals surface area contributed by atoms with E-state index in [0.29, 0.717) is 31.5 Å². The summed E-state index contributed by atoms with van der Waals surface area (Å²) in [5, 5.41) is 12.4. The average Bonchev–Trinajstić information content (AvgIpc) is 3.59. The molecule has 2 aliphatic rings. The minimum absolute atomic E-state index is 0.0553. The summed E-state index contributed by atoms with van der Waals surface area (Å²) in [4.78, 5) is 18.8. The lowest BCUT2D eigenvalue weighted by atomic mass is 10.0. The number of amides is 1. The van der Waals surface area contributed by atoms with E-state index in [4.69, 9.17) is 20.6 Å². The zero-order valence-electron chi connectivity index (χ0n) is 19.5. The van der Waals surface area contributed by atoms with Gasteiger partial charge < -0.3 is 24.2 Å². The number of benzene rings is 1. The van der Waals surface area contributed by atoms with Gasteiger partial charge in [-0.15, -0.1) is 17.8 Å². The number of carbonyl (C=O) groups is 1. The molecule has 1 aromatic carbocycles. The summed E-state index contributed by atoms with van der Waals surface area (Å²) in [5.74, 6) is 3.90. The van der Waals surface area contributed by atoms with Gasteiger partial charge >= 0.3 is 0 Å². The second kappa shape index (κ2) is 11.7. The van der Waals surface area contributed by atoms with Gasteiger partial charge in [0, 0.05) is 30.1 Å². The van der Waals surface area contributed by atoms with Crippen molar-refractivity contribution >= 4 is 17.2 Å². The Morgan fingerprint density at radius 3 is 2.94 bits per heavy atom. The van der Waals surface area contributed by atoms with Gasteiger partial charge in [-0.25, -0.2) is 0 Å². The zero-order valence-corrected chi connectivity index (χ0v) is 20.3. The monoisotopic (exact) mass is 484 g/mol. The SMILES string of the molecule is C#CCOC[C@H](O)CN(CC(=O)N1CCc2sccc2[C@@H]1COc1cccc(OC)c1)C1CC1. The Kier molecular flexibility index (Phi) is 8.46. The first kappa shape index (κ1) is 24.6. The lowest BCUT2D eigenvalue weighted by Crippen LogP contribution is -2.48. The second-order valence-corrected chi connectivity index (χ2v) is 9.68. The van der Waals surface area contributed by atoms with E-state index in [1.807, 2.05) is 29.2 Å². The van der Waals surface area contributed by atoms with Crippen molar-refractivity contribution in [2.75, 3.05) is 46.6 Å². The number of methoxy groups -OCH3 is 1. The van der Waals surface area contributed by atoms with Crippen LogP contribution in [-0.2, 0) is 16.0 Å². The Morgan fingerprint density at radius 2 is 2.18 bits per heavy atom. The Bertz CT molecular complexity index is 999. The van der Waals surface area contributed by atoms with Gasteiger partial charge in [0.25, 0.3) is 0 Å². The van der Waals surface area contributed by atoms with E-state index in [-0.39, 0.29) is 31.7 Å². The molecule has 0 unspecified atom stereocenters. The topological polar surface area (TPSA) is 71.5 Å². The molecule has 1 saturated carbocycles. The standard InChI is InChI=1S/C26H32N2O5S/c1-3-12-32-17-20(29)15-27(19-7-8-19)16-26(30)28-11-9-25-23(10-13-34-25)24(28)18-33-22-6-4-5-21(14-22)31-2/h1,4-6,10,13-14,19-20,24,29H,7-9,11-12,15-18H2,2H3/t20-,24+/m1/s1. The van der Waals surface area contributed by atoms with Crippen LogP contribution in [0.4, 0.5) is 0 Å². The zero-order chi connectivity index (χ0) is 23.9. The van der Waals surface area contributed by atoms with Gasteiger partial charge in [-0.1, -0.05) is 12.0 Å². The highest BCUT2D eigenvalue weighted by Crippen LogP contribution is 2.35. The quantitative estimate of drug-likeness (QED) is 0.369. The Hall–Kier alpha value is -2.57. The first-order chi connectivity index (χ1) is 16.6. The smallest absolute Gasteiger partial charge is 0.237 e. The maximum atomic E-state index is 13.5. The van der Waals surface area contributed by atoms with E-state index in [1.54, 1.807) is 18.4 Å². The fraction of sp³-hybridized carbons (Fsp3) is 0.500. The van der Waals surface area contributed by atoms with Crippen molar-refractivity contribution in [2.45, 2.75) is 37.5 Å². The lowest BCUT2D eigenvalue weighted by molar-refractivity contribution is -0.136. The van der Waals surface area contributed by atoms with Crippen LogP contribution < -0.4 is 9.47 Å². The van der Waals surface area contributed by atoms with Gasteiger partial charge in [-0.2, -0.15) is 0 Å². The number of nitrogens with zero attached hydrogens (tertiary/aromatic N) is 2. The van der Waals surface area contributed by atoms with Crippen LogP contribution in [-0.4, -0.2) is 79.5 Å². The third-order valence-corrected chi connectivity index (χ3v) is 7.20. The number of aliphatic hydroxyl groups excluding tert-OH is 1. The van der Waals surface area contributed by atoms with Crippen molar-refractivity contribution in [3.63, 3.8) is 0 Å². The summed E-state index contributed by atoms with van der Waals surface area (Å²) in [5.41, 5.74) is 1.16. The van der Waals surface area contributed by atoms with E-state index in [1.165, 1.54) is 4.88 Å². The third kappa shape index (κ3) is 6.30. The number of hydrogen-bond acceptors (Lipinski definition) is 7. The van der Waals surface area contributed by atoms with Crippen LogP contribution in [0.5, 0.6) is 11.5 Å². The van der Waals surface area contributed by atoms with Crippen molar-refractivity contribution in [2.24, 2.45) is 0 Å². The average molecular weight is 485 g/mol. The number of aliphatic hydroxyl groups is 1. The van der Waals surface area contributed by atoms with E-state index in [9.17, 15) is 9.90 Å². The Balaban J connectivity index is 1.42. The van der Waals surface area contributed by atoms with Crippen molar-refractivity contribution in [3.05, 3.63) is 46.2 Å². The molecule has 7 nitrogen and oxygen atoms in total.